The van der Waals surface area contributed by atoms with E-state index in [1.165, 1.54) is 36.4 Å². The van der Waals surface area contributed by atoms with Crippen molar-refractivity contribution in [1.29, 1.82) is 0 Å². The van der Waals surface area contributed by atoms with Gasteiger partial charge in [0.05, 0.1) is 18.9 Å². The van der Waals surface area contributed by atoms with Crippen LogP contribution in [0.3, 0.4) is 0 Å². The molecule has 0 saturated carbocycles. The number of pyridine rings is 1. The van der Waals surface area contributed by atoms with Crippen molar-refractivity contribution >= 4 is 11.8 Å². The summed E-state index contributed by atoms with van der Waals surface area (Å²) in [4.78, 5) is 31.0. The van der Waals surface area contributed by atoms with E-state index in [4.69, 9.17) is 4.74 Å². The van der Waals surface area contributed by atoms with Gasteiger partial charge in [0.1, 0.15) is 17.6 Å². The molecule has 2 aromatic rings. The van der Waals surface area contributed by atoms with Crippen LogP contribution in [0.15, 0.2) is 36.5 Å². The van der Waals surface area contributed by atoms with Crippen LogP contribution in [0.25, 0.3) is 0 Å². The maximum atomic E-state index is 13.6. The number of hydrogen-bond acceptors (Lipinski definition) is 4. The van der Waals surface area contributed by atoms with Crippen LogP contribution in [0.2, 0.25) is 0 Å². The van der Waals surface area contributed by atoms with Crippen LogP contribution >= 0.6 is 0 Å². The van der Waals surface area contributed by atoms with Gasteiger partial charge in [-0.2, -0.15) is 0 Å². The summed E-state index contributed by atoms with van der Waals surface area (Å²) in [5, 5.41) is 2.73. The smallest absolute Gasteiger partial charge is 0.258 e. The number of amides is 2. The van der Waals surface area contributed by atoms with E-state index in [2.05, 4.69) is 10.3 Å². The first-order valence-corrected chi connectivity index (χ1v) is 7.86. The monoisotopic (exact) mass is 343 g/mol. The summed E-state index contributed by atoms with van der Waals surface area (Å²) < 4.78 is 18.8. The highest BCUT2D eigenvalue weighted by Crippen LogP contribution is 2.28. The van der Waals surface area contributed by atoms with Crippen molar-refractivity contribution in [2.75, 3.05) is 20.2 Å². The SMILES string of the molecule is COc1cnc(C)cc1C(=O)N1CCNC(=O)C1c1cccc(F)c1. The maximum absolute atomic E-state index is 13.6. The number of halogens is 1. The Morgan fingerprint density at radius 2 is 2.20 bits per heavy atom. The minimum atomic E-state index is -0.893. The highest BCUT2D eigenvalue weighted by atomic mass is 19.1. The van der Waals surface area contributed by atoms with Crippen LogP contribution in [0.4, 0.5) is 4.39 Å². The van der Waals surface area contributed by atoms with Gasteiger partial charge in [-0.1, -0.05) is 12.1 Å². The third-order valence-electron chi connectivity index (χ3n) is 4.09. The van der Waals surface area contributed by atoms with E-state index in [1.807, 2.05) is 0 Å². The van der Waals surface area contributed by atoms with Crippen molar-refractivity contribution in [2.24, 2.45) is 0 Å². The Kier molecular flexibility index (Phi) is 4.65. The van der Waals surface area contributed by atoms with Crippen molar-refractivity contribution in [3.8, 4) is 5.75 Å². The maximum Gasteiger partial charge on any atom is 0.258 e. The molecule has 0 aliphatic carbocycles. The highest BCUT2D eigenvalue weighted by molar-refractivity contribution is 6.00. The Morgan fingerprint density at radius 1 is 1.40 bits per heavy atom. The van der Waals surface area contributed by atoms with E-state index in [0.29, 0.717) is 35.7 Å². The zero-order chi connectivity index (χ0) is 18.0. The van der Waals surface area contributed by atoms with Gasteiger partial charge in [0.2, 0.25) is 5.91 Å². The van der Waals surface area contributed by atoms with Crippen LogP contribution in [-0.4, -0.2) is 41.9 Å². The molecule has 1 aliphatic rings. The number of methoxy groups -OCH3 is 1. The molecule has 7 heteroatoms. The van der Waals surface area contributed by atoms with Crippen molar-refractivity contribution in [3.63, 3.8) is 0 Å². The number of carbonyl (C=O) groups excluding carboxylic acids is 2. The van der Waals surface area contributed by atoms with Crippen molar-refractivity contribution in [2.45, 2.75) is 13.0 Å². The Bertz CT molecular complexity index is 825. The van der Waals surface area contributed by atoms with Gasteiger partial charge in [0.15, 0.2) is 0 Å². The van der Waals surface area contributed by atoms with Crippen LogP contribution < -0.4 is 10.1 Å². The lowest BCUT2D eigenvalue weighted by molar-refractivity contribution is -0.128. The van der Waals surface area contributed by atoms with Crippen molar-refractivity contribution in [1.82, 2.24) is 15.2 Å². The number of aryl methyl sites for hydroxylation is 1. The van der Waals surface area contributed by atoms with E-state index in [0.717, 1.165) is 0 Å². The molecule has 0 spiro atoms. The number of ether oxygens (including phenoxy) is 1. The number of carbonyl (C=O) groups is 2. The Labute approximate surface area is 144 Å². The molecule has 0 radical (unpaired) electrons. The summed E-state index contributed by atoms with van der Waals surface area (Å²) in [5.74, 6) is -0.818. The van der Waals surface area contributed by atoms with Crippen molar-refractivity contribution < 1.29 is 18.7 Å². The van der Waals surface area contributed by atoms with Gasteiger partial charge in [-0.25, -0.2) is 4.39 Å². The average molecular weight is 343 g/mol. The van der Waals surface area contributed by atoms with Crippen LogP contribution in [0.5, 0.6) is 5.75 Å². The molecule has 1 N–H and O–H groups in total. The molecule has 3 rings (SSSR count). The lowest BCUT2D eigenvalue weighted by atomic mass is 10.0. The molecular weight excluding hydrogens is 325 g/mol. The molecule has 6 nitrogen and oxygen atoms in total. The summed E-state index contributed by atoms with van der Waals surface area (Å²) >= 11 is 0. The normalized spacial score (nSPS) is 17.2. The van der Waals surface area contributed by atoms with Gasteiger partial charge in [0.25, 0.3) is 5.91 Å². The Morgan fingerprint density at radius 3 is 2.92 bits per heavy atom. The molecule has 130 valence electrons. The lowest BCUT2D eigenvalue weighted by Crippen LogP contribution is -2.52. The summed E-state index contributed by atoms with van der Waals surface area (Å²) in [5.41, 5.74) is 1.41. The third-order valence-corrected chi connectivity index (χ3v) is 4.09. The first-order valence-electron chi connectivity index (χ1n) is 7.86. The molecule has 1 aromatic heterocycles. The number of rotatable bonds is 3. The molecule has 1 saturated heterocycles. The minimum Gasteiger partial charge on any atom is -0.494 e. The zero-order valence-electron chi connectivity index (χ0n) is 14.0. The predicted molar refractivity (Wildman–Crippen MR) is 88.7 cm³/mol. The van der Waals surface area contributed by atoms with E-state index in [9.17, 15) is 14.0 Å². The van der Waals surface area contributed by atoms with Gasteiger partial charge >= 0.3 is 0 Å². The molecule has 2 heterocycles. The summed E-state index contributed by atoms with van der Waals surface area (Å²) in [6.07, 6.45) is 1.48. The number of piperazine rings is 1. The van der Waals surface area contributed by atoms with E-state index >= 15 is 0 Å². The fraction of sp³-hybridized carbons (Fsp3) is 0.278. The molecule has 2 amide bonds. The fourth-order valence-electron chi connectivity index (χ4n) is 2.93. The third kappa shape index (κ3) is 3.31. The number of benzene rings is 1. The predicted octanol–water partition coefficient (Wildman–Crippen LogP) is 1.85. The number of aromatic nitrogens is 1. The quantitative estimate of drug-likeness (QED) is 0.923. The molecule has 1 fully saturated rings. The molecule has 1 aromatic carbocycles. The lowest BCUT2D eigenvalue weighted by Gasteiger charge is -2.35. The number of nitrogens with zero attached hydrogens (tertiary/aromatic N) is 2. The number of hydrogen-bond donors (Lipinski definition) is 1. The highest BCUT2D eigenvalue weighted by Gasteiger charge is 2.36. The second kappa shape index (κ2) is 6.88. The second-order valence-electron chi connectivity index (χ2n) is 5.77. The van der Waals surface area contributed by atoms with Crippen LogP contribution in [0, 0.1) is 12.7 Å². The molecular formula is C18H18FN3O3. The Balaban J connectivity index is 2.02. The largest absolute Gasteiger partial charge is 0.494 e. The van der Waals surface area contributed by atoms with Gasteiger partial charge in [-0.05, 0) is 30.7 Å². The summed E-state index contributed by atoms with van der Waals surface area (Å²) in [7, 11) is 1.45. The van der Waals surface area contributed by atoms with Crippen LogP contribution in [0.1, 0.15) is 27.7 Å². The standard InChI is InChI=1S/C18H18FN3O3/c1-11-8-14(15(25-2)10-21-11)18(24)22-7-6-20-17(23)16(22)12-4-3-5-13(19)9-12/h3-5,8-10,16H,6-7H2,1-2H3,(H,20,23). The topological polar surface area (TPSA) is 71.5 Å². The average Bonchev–Trinajstić information content (AvgIpc) is 2.60. The molecule has 25 heavy (non-hydrogen) atoms. The Hall–Kier alpha value is -2.96. The molecule has 1 aliphatic heterocycles. The van der Waals surface area contributed by atoms with Crippen LogP contribution in [-0.2, 0) is 4.79 Å². The second-order valence-corrected chi connectivity index (χ2v) is 5.77. The van der Waals surface area contributed by atoms with Gasteiger partial charge < -0.3 is 15.0 Å². The van der Waals surface area contributed by atoms with E-state index < -0.39 is 11.9 Å². The van der Waals surface area contributed by atoms with E-state index in [-0.39, 0.29) is 11.8 Å². The van der Waals surface area contributed by atoms with E-state index in [1.54, 1.807) is 19.1 Å². The summed E-state index contributed by atoms with van der Waals surface area (Å²) in [6, 6.07) is 6.45. The van der Waals surface area contributed by atoms with Gasteiger partial charge in [-0.3, -0.25) is 14.6 Å². The van der Waals surface area contributed by atoms with Gasteiger partial charge in [0, 0.05) is 18.8 Å². The molecule has 0 bridgehead atoms. The summed E-state index contributed by atoms with van der Waals surface area (Å²) in [6.45, 7) is 2.42. The molecule has 1 atom stereocenters. The first kappa shape index (κ1) is 16.9. The fourth-order valence-corrected chi connectivity index (χ4v) is 2.93. The zero-order valence-corrected chi connectivity index (χ0v) is 14.0. The van der Waals surface area contributed by atoms with Crippen molar-refractivity contribution in [3.05, 3.63) is 59.2 Å². The first-order chi connectivity index (χ1) is 12.0. The number of nitrogens with one attached hydrogen (secondary N) is 1. The molecule has 1 unspecified atom stereocenters. The minimum absolute atomic E-state index is 0.316. The van der Waals surface area contributed by atoms with Gasteiger partial charge in [-0.15, -0.1) is 0 Å².